The van der Waals surface area contributed by atoms with Crippen molar-refractivity contribution in [2.24, 2.45) is 0 Å². The van der Waals surface area contributed by atoms with E-state index in [-0.39, 0.29) is 33.7 Å². The quantitative estimate of drug-likeness (QED) is 0.838. The predicted molar refractivity (Wildman–Crippen MR) is 67.2 cm³/mol. The third kappa shape index (κ3) is 3.91. The van der Waals surface area contributed by atoms with Gasteiger partial charge >= 0.3 is 5.97 Å². The van der Waals surface area contributed by atoms with E-state index >= 15 is 0 Å². The first-order chi connectivity index (χ1) is 8.23. The molecule has 0 saturated carbocycles. The van der Waals surface area contributed by atoms with Crippen LogP contribution in [0.3, 0.4) is 0 Å². The number of aliphatic carboxylic acids is 1. The van der Waals surface area contributed by atoms with Crippen LogP contribution in [0.5, 0.6) is 5.75 Å². The van der Waals surface area contributed by atoms with E-state index < -0.39 is 15.0 Å². The fraction of sp³-hybridized carbons (Fsp3) is 0.222. The normalized spacial score (nSPS) is 11.3. The van der Waals surface area contributed by atoms with Gasteiger partial charge < -0.3 is 9.84 Å². The molecule has 1 aromatic rings. The summed E-state index contributed by atoms with van der Waals surface area (Å²) in [6.45, 7) is -0.113. The van der Waals surface area contributed by atoms with E-state index in [1.165, 1.54) is 6.07 Å². The van der Waals surface area contributed by atoms with Gasteiger partial charge in [0.1, 0.15) is 15.7 Å². The maximum absolute atomic E-state index is 11.1. The van der Waals surface area contributed by atoms with E-state index in [1.54, 1.807) is 0 Å². The Balaban J connectivity index is 2.98. The van der Waals surface area contributed by atoms with E-state index in [0.717, 1.165) is 6.07 Å². The lowest BCUT2D eigenvalue weighted by molar-refractivity contribution is -0.137. The van der Waals surface area contributed by atoms with E-state index in [9.17, 15) is 13.2 Å². The number of benzene rings is 1. The first-order valence-electron chi connectivity index (χ1n) is 4.50. The molecule has 1 rings (SSSR count). The Morgan fingerprint density at radius 2 is 1.89 bits per heavy atom. The molecule has 100 valence electrons. The molecule has 0 bridgehead atoms. The highest BCUT2D eigenvalue weighted by Crippen LogP contribution is 2.37. The third-order valence-electron chi connectivity index (χ3n) is 1.85. The van der Waals surface area contributed by atoms with Gasteiger partial charge in [-0.15, -0.1) is 0 Å². The smallest absolute Gasteiger partial charge is 0.306 e. The minimum atomic E-state index is -4.00. The number of hydrogen-bond donors (Lipinski definition) is 1. The Morgan fingerprint density at radius 3 is 2.39 bits per heavy atom. The summed E-state index contributed by atoms with van der Waals surface area (Å²) in [5.74, 6) is -0.941. The Bertz CT molecular complexity index is 570. The molecule has 0 aromatic heterocycles. The van der Waals surface area contributed by atoms with E-state index in [4.69, 9.17) is 43.7 Å². The minimum absolute atomic E-state index is 0.0898. The van der Waals surface area contributed by atoms with Gasteiger partial charge in [0.05, 0.1) is 18.1 Å². The van der Waals surface area contributed by atoms with Crippen LogP contribution in [0, 0.1) is 0 Å². The van der Waals surface area contributed by atoms with Gasteiger partial charge in [0.2, 0.25) is 0 Å². The van der Waals surface area contributed by atoms with E-state index in [2.05, 4.69) is 0 Å². The lowest BCUT2D eigenvalue weighted by atomic mass is 10.3. The number of carbonyl (C=O) groups is 1. The van der Waals surface area contributed by atoms with Crippen molar-refractivity contribution < 1.29 is 23.1 Å². The molecule has 0 aliphatic carbocycles. The van der Waals surface area contributed by atoms with Crippen LogP contribution in [-0.4, -0.2) is 26.1 Å². The highest BCUT2D eigenvalue weighted by atomic mass is 35.7. The van der Waals surface area contributed by atoms with Gasteiger partial charge in [-0.1, -0.05) is 23.2 Å². The summed E-state index contributed by atoms with van der Waals surface area (Å²) in [5, 5.41) is 8.03. The third-order valence-corrected chi connectivity index (χ3v) is 4.19. The minimum Gasteiger partial charge on any atom is -0.491 e. The summed E-state index contributed by atoms with van der Waals surface area (Å²) in [6.07, 6.45) is -0.219. The molecule has 9 heteroatoms. The summed E-state index contributed by atoms with van der Waals surface area (Å²) in [6, 6.07) is 2.39. The Kier molecular flexibility index (Phi) is 5.10. The number of hydrogen-bond acceptors (Lipinski definition) is 4. The molecule has 0 aliphatic rings. The Morgan fingerprint density at radius 1 is 1.28 bits per heavy atom. The number of carboxylic acids is 1. The molecule has 0 fully saturated rings. The first-order valence-corrected chi connectivity index (χ1v) is 7.57. The molecule has 5 nitrogen and oxygen atoms in total. The van der Waals surface area contributed by atoms with Crippen LogP contribution >= 0.6 is 33.9 Å². The maximum atomic E-state index is 11.1. The largest absolute Gasteiger partial charge is 0.491 e. The number of rotatable bonds is 5. The first kappa shape index (κ1) is 15.4. The molecule has 18 heavy (non-hydrogen) atoms. The SMILES string of the molecule is O=C(O)CCOc1ccc(S(=O)(=O)Cl)c(Cl)c1Cl. The Labute approximate surface area is 118 Å². The van der Waals surface area contributed by atoms with Crippen molar-refractivity contribution in [2.45, 2.75) is 11.3 Å². The molecule has 0 radical (unpaired) electrons. The molecule has 0 amide bonds. The van der Waals surface area contributed by atoms with Gasteiger partial charge in [0, 0.05) is 10.7 Å². The molecule has 0 unspecified atom stereocenters. The summed E-state index contributed by atoms with van der Waals surface area (Å²) in [7, 11) is 1.14. The van der Waals surface area contributed by atoms with Gasteiger partial charge in [0.25, 0.3) is 9.05 Å². The van der Waals surface area contributed by atoms with E-state index in [1.807, 2.05) is 0 Å². The Hall–Kier alpha value is -0.690. The van der Waals surface area contributed by atoms with Crippen LogP contribution < -0.4 is 4.74 Å². The molecule has 0 heterocycles. The van der Waals surface area contributed by atoms with Crippen molar-refractivity contribution in [2.75, 3.05) is 6.61 Å². The van der Waals surface area contributed by atoms with E-state index in [0.29, 0.717) is 0 Å². The molecule has 0 saturated heterocycles. The number of halogens is 3. The molecular formula is C9H7Cl3O5S. The molecule has 1 N–H and O–H groups in total. The topological polar surface area (TPSA) is 80.7 Å². The lowest BCUT2D eigenvalue weighted by Crippen LogP contribution is -2.05. The average molecular weight is 334 g/mol. The van der Waals surface area contributed by atoms with Gasteiger partial charge in [-0.3, -0.25) is 4.79 Å². The zero-order valence-electron chi connectivity index (χ0n) is 8.69. The summed E-state index contributed by atoms with van der Waals surface area (Å²) < 4.78 is 27.3. The average Bonchev–Trinajstić information content (AvgIpc) is 2.22. The summed E-state index contributed by atoms with van der Waals surface area (Å²) in [5.41, 5.74) is 0. The monoisotopic (exact) mass is 332 g/mol. The van der Waals surface area contributed by atoms with Crippen LogP contribution in [0.15, 0.2) is 17.0 Å². The van der Waals surface area contributed by atoms with Crippen molar-refractivity contribution in [3.63, 3.8) is 0 Å². The van der Waals surface area contributed by atoms with Gasteiger partial charge in [0.15, 0.2) is 0 Å². The van der Waals surface area contributed by atoms with Crippen molar-refractivity contribution in [1.82, 2.24) is 0 Å². The van der Waals surface area contributed by atoms with Crippen LogP contribution in [-0.2, 0) is 13.8 Å². The maximum Gasteiger partial charge on any atom is 0.306 e. The fourth-order valence-electron chi connectivity index (χ4n) is 1.06. The second-order valence-corrected chi connectivity index (χ2v) is 6.41. The zero-order valence-corrected chi connectivity index (χ0v) is 11.8. The number of carboxylic acid groups (broad SMARTS) is 1. The lowest BCUT2D eigenvalue weighted by Gasteiger charge is -2.09. The second-order valence-electron chi connectivity index (χ2n) is 3.12. The van der Waals surface area contributed by atoms with Crippen LogP contribution in [0.2, 0.25) is 10.0 Å². The van der Waals surface area contributed by atoms with Crippen LogP contribution in [0.25, 0.3) is 0 Å². The van der Waals surface area contributed by atoms with Gasteiger partial charge in [-0.2, -0.15) is 0 Å². The summed E-state index contributed by atoms with van der Waals surface area (Å²) in [4.78, 5) is 9.96. The molecule has 1 aromatic carbocycles. The molecule has 0 aliphatic heterocycles. The van der Waals surface area contributed by atoms with Crippen molar-refractivity contribution in [3.05, 3.63) is 22.2 Å². The van der Waals surface area contributed by atoms with Gasteiger partial charge in [-0.25, -0.2) is 8.42 Å². The fourth-order valence-corrected chi connectivity index (χ4v) is 2.85. The second kappa shape index (κ2) is 5.97. The predicted octanol–water partition coefficient (Wildman–Crippen LogP) is 2.77. The number of ether oxygens (including phenoxy) is 1. The molecular weight excluding hydrogens is 327 g/mol. The zero-order chi connectivity index (χ0) is 13.9. The van der Waals surface area contributed by atoms with Crippen LogP contribution in [0.1, 0.15) is 6.42 Å². The molecule has 0 spiro atoms. The van der Waals surface area contributed by atoms with Gasteiger partial charge in [-0.05, 0) is 12.1 Å². The molecule has 0 atom stereocenters. The van der Waals surface area contributed by atoms with Crippen LogP contribution in [0.4, 0.5) is 0 Å². The van der Waals surface area contributed by atoms with Crippen molar-refractivity contribution >= 4 is 48.9 Å². The highest BCUT2D eigenvalue weighted by molar-refractivity contribution is 8.13. The van der Waals surface area contributed by atoms with Crippen molar-refractivity contribution in [3.8, 4) is 5.75 Å². The standard InChI is InChI=1S/C9H7Cl3O5S/c10-8-5(17-4-3-7(13)14)1-2-6(9(8)11)18(12,15)16/h1-2H,3-4H2,(H,13,14). The highest BCUT2D eigenvalue weighted by Gasteiger charge is 2.19. The van der Waals surface area contributed by atoms with Crippen molar-refractivity contribution in [1.29, 1.82) is 0 Å². The summed E-state index contributed by atoms with van der Waals surface area (Å²) >= 11 is 11.5.